The predicted molar refractivity (Wildman–Crippen MR) is 67.0 cm³/mol. The van der Waals surface area contributed by atoms with Crippen molar-refractivity contribution in [1.82, 2.24) is 19.6 Å². The van der Waals surface area contributed by atoms with Crippen LogP contribution in [-0.4, -0.2) is 30.7 Å². The number of carboxylic acid groups (broad SMARTS) is 1. The van der Waals surface area contributed by atoms with Crippen molar-refractivity contribution in [3.63, 3.8) is 0 Å². The highest BCUT2D eigenvalue weighted by molar-refractivity contribution is 5.87. The SMILES string of the molecule is O=C(O)c1ccc2nnc(Cc3cccnc3)n2c1. The van der Waals surface area contributed by atoms with Crippen LogP contribution >= 0.6 is 0 Å². The third-order valence-corrected chi connectivity index (χ3v) is 2.80. The van der Waals surface area contributed by atoms with E-state index in [1.807, 2.05) is 12.1 Å². The molecule has 0 saturated heterocycles. The molecule has 6 heteroatoms. The molecular formula is C13H10N4O2. The van der Waals surface area contributed by atoms with Crippen LogP contribution < -0.4 is 0 Å². The summed E-state index contributed by atoms with van der Waals surface area (Å²) in [5.74, 6) is -0.283. The smallest absolute Gasteiger partial charge is 0.337 e. The zero-order valence-corrected chi connectivity index (χ0v) is 9.89. The molecule has 0 saturated carbocycles. The second-order valence-corrected chi connectivity index (χ2v) is 4.11. The van der Waals surface area contributed by atoms with Gasteiger partial charge in [0.05, 0.1) is 5.56 Å². The maximum absolute atomic E-state index is 11.0. The fraction of sp³-hybridized carbons (Fsp3) is 0.0769. The highest BCUT2D eigenvalue weighted by Crippen LogP contribution is 2.10. The standard InChI is InChI=1S/C13H10N4O2/c18-13(19)10-3-4-11-15-16-12(17(11)8-10)6-9-2-1-5-14-7-9/h1-5,7-8H,6H2,(H,18,19). The molecule has 19 heavy (non-hydrogen) atoms. The van der Waals surface area contributed by atoms with Crippen molar-refractivity contribution in [2.45, 2.75) is 6.42 Å². The van der Waals surface area contributed by atoms with E-state index in [-0.39, 0.29) is 5.56 Å². The zero-order valence-electron chi connectivity index (χ0n) is 9.89. The van der Waals surface area contributed by atoms with Crippen LogP contribution in [-0.2, 0) is 6.42 Å². The molecule has 1 N–H and O–H groups in total. The van der Waals surface area contributed by atoms with E-state index in [1.165, 1.54) is 12.3 Å². The van der Waals surface area contributed by atoms with Gasteiger partial charge in [0.1, 0.15) is 5.82 Å². The maximum atomic E-state index is 11.0. The van der Waals surface area contributed by atoms with Crippen molar-refractivity contribution in [2.75, 3.05) is 0 Å². The molecular weight excluding hydrogens is 244 g/mol. The Morgan fingerprint density at radius 2 is 2.16 bits per heavy atom. The highest BCUT2D eigenvalue weighted by Gasteiger charge is 2.09. The number of aromatic carboxylic acids is 1. The quantitative estimate of drug-likeness (QED) is 0.764. The molecule has 94 valence electrons. The normalized spacial score (nSPS) is 10.7. The van der Waals surface area contributed by atoms with Gasteiger partial charge in [-0.1, -0.05) is 6.07 Å². The summed E-state index contributed by atoms with van der Waals surface area (Å²) in [6.07, 6.45) is 5.54. The Hall–Kier alpha value is -2.76. The number of nitrogens with zero attached hydrogens (tertiary/aromatic N) is 4. The number of carboxylic acids is 1. The predicted octanol–water partition coefficient (Wildman–Crippen LogP) is 1.41. The summed E-state index contributed by atoms with van der Waals surface area (Å²) in [6, 6.07) is 6.94. The van der Waals surface area contributed by atoms with Gasteiger partial charge in [0.2, 0.25) is 0 Å². The molecule has 0 fully saturated rings. The Kier molecular flexibility index (Phi) is 2.68. The molecule has 0 amide bonds. The third kappa shape index (κ3) is 2.15. The number of carbonyl (C=O) groups is 1. The van der Waals surface area contributed by atoms with E-state index in [9.17, 15) is 4.79 Å². The molecule has 3 aromatic rings. The van der Waals surface area contributed by atoms with Gasteiger partial charge >= 0.3 is 5.97 Å². The lowest BCUT2D eigenvalue weighted by atomic mass is 10.2. The summed E-state index contributed by atoms with van der Waals surface area (Å²) in [4.78, 5) is 15.0. The second-order valence-electron chi connectivity index (χ2n) is 4.11. The molecule has 6 nitrogen and oxygen atoms in total. The molecule has 3 aromatic heterocycles. The summed E-state index contributed by atoms with van der Waals surface area (Å²) < 4.78 is 1.69. The van der Waals surface area contributed by atoms with Crippen LogP contribution in [0.1, 0.15) is 21.7 Å². The topological polar surface area (TPSA) is 80.4 Å². The Bertz CT molecular complexity index is 737. The van der Waals surface area contributed by atoms with Crippen LogP contribution in [0, 0.1) is 0 Å². The van der Waals surface area contributed by atoms with Crippen LogP contribution in [0.15, 0.2) is 42.9 Å². The van der Waals surface area contributed by atoms with Gasteiger partial charge in [-0.05, 0) is 23.8 Å². The van der Waals surface area contributed by atoms with Crippen LogP contribution in [0.3, 0.4) is 0 Å². The summed E-state index contributed by atoms with van der Waals surface area (Å²) in [6.45, 7) is 0. The van der Waals surface area contributed by atoms with Crippen molar-refractivity contribution in [1.29, 1.82) is 0 Å². The van der Waals surface area contributed by atoms with Crippen molar-refractivity contribution >= 4 is 11.6 Å². The Labute approximate surface area is 108 Å². The minimum absolute atomic E-state index is 0.208. The lowest BCUT2D eigenvalue weighted by Crippen LogP contribution is -2.01. The molecule has 0 aliphatic rings. The second kappa shape index (κ2) is 4.49. The van der Waals surface area contributed by atoms with Crippen LogP contribution in [0.2, 0.25) is 0 Å². The largest absolute Gasteiger partial charge is 0.478 e. The first-order valence-electron chi connectivity index (χ1n) is 5.70. The number of hydrogen-bond donors (Lipinski definition) is 1. The number of hydrogen-bond acceptors (Lipinski definition) is 4. The minimum Gasteiger partial charge on any atom is -0.478 e. The maximum Gasteiger partial charge on any atom is 0.337 e. The molecule has 0 aliphatic heterocycles. The minimum atomic E-state index is -0.970. The van der Waals surface area contributed by atoms with Crippen molar-refractivity contribution < 1.29 is 9.90 Å². The van der Waals surface area contributed by atoms with E-state index in [4.69, 9.17) is 5.11 Å². The van der Waals surface area contributed by atoms with Gasteiger partial charge in [-0.25, -0.2) is 4.79 Å². The van der Waals surface area contributed by atoms with E-state index in [0.29, 0.717) is 17.9 Å². The lowest BCUT2D eigenvalue weighted by molar-refractivity contribution is 0.0696. The van der Waals surface area contributed by atoms with Crippen molar-refractivity contribution in [3.8, 4) is 0 Å². The van der Waals surface area contributed by atoms with E-state index in [0.717, 1.165) is 5.56 Å². The number of fused-ring (bicyclic) bond motifs is 1. The van der Waals surface area contributed by atoms with Gasteiger partial charge in [0.15, 0.2) is 5.65 Å². The van der Waals surface area contributed by atoms with Gasteiger partial charge in [0, 0.05) is 25.0 Å². The van der Waals surface area contributed by atoms with Gasteiger partial charge in [-0.2, -0.15) is 0 Å². The summed E-state index contributed by atoms with van der Waals surface area (Å²) in [5.41, 5.74) is 1.83. The third-order valence-electron chi connectivity index (χ3n) is 2.80. The first-order chi connectivity index (χ1) is 9.24. The summed E-state index contributed by atoms with van der Waals surface area (Å²) in [7, 11) is 0. The molecule has 0 aliphatic carbocycles. The number of pyridine rings is 2. The van der Waals surface area contributed by atoms with Crippen LogP contribution in [0.5, 0.6) is 0 Å². The average molecular weight is 254 g/mol. The first-order valence-corrected chi connectivity index (χ1v) is 5.70. The van der Waals surface area contributed by atoms with Crippen LogP contribution in [0.25, 0.3) is 5.65 Å². The highest BCUT2D eigenvalue weighted by atomic mass is 16.4. The molecule has 0 unspecified atom stereocenters. The molecule has 0 aromatic carbocycles. The average Bonchev–Trinajstić information content (AvgIpc) is 2.82. The lowest BCUT2D eigenvalue weighted by Gasteiger charge is -2.01. The van der Waals surface area contributed by atoms with Gasteiger partial charge < -0.3 is 5.11 Å². The van der Waals surface area contributed by atoms with Crippen LogP contribution in [0.4, 0.5) is 0 Å². The van der Waals surface area contributed by atoms with E-state index in [2.05, 4.69) is 15.2 Å². The van der Waals surface area contributed by atoms with Crippen molar-refractivity contribution in [2.24, 2.45) is 0 Å². The Balaban J connectivity index is 2.04. The van der Waals surface area contributed by atoms with Crippen molar-refractivity contribution in [3.05, 3.63) is 59.8 Å². The van der Waals surface area contributed by atoms with Gasteiger partial charge in [0.25, 0.3) is 0 Å². The molecule has 3 heterocycles. The molecule has 0 spiro atoms. The fourth-order valence-corrected chi connectivity index (χ4v) is 1.87. The number of rotatable bonds is 3. The molecule has 3 rings (SSSR count). The summed E-state index contributed by atoms with van der Waals surface area (Å²) in [5, 5.41) is 17.1. The van der Waals surface area contributed by atoms with E-state index >= 15 is 0 Å². The summed E-state index contributed by atoms with van der Waals surface area (Å²) >= 11 is 0. The Morgan fingerprint density at radius 1 is 1.26 bits per heavy atom. The fourth-order valence-electron chi connectivity index (χ4n) is 1.87. The van der Waals surface area contributed by atoms with Gasteiger partial charge in [-0.15, -0.1) is 10.2 Å². The molecule has 0 radical (unpaired) electrons. The Morgan fingerprint density at radius 3 is 2.89 bits per heavy atom. The first kappa shape index (κ1) is 11.3. The van der Waals surface area contributed by atoms with E-state index < -0.39 is 5.97 Å². The molecule has 0 bridgehead atoms. The van der Waals surface area contributed by atoms with E-state index in [1.54, 1.807) is 22.9 Å². The zero-order chi connectivity index (χ0) is 13.2. The monoisotopic (exact) mass is 254 g/mol. The number of aromatic nitrogens is 4. The molecule has 0 atom stereocenters. The van der Waals surface area contributed by atoms with Gasteiger partial charge in [-0.3, -0.25) is 9.38 Å².